The summed E-state index contributed by atoms with van der Waals surface area (Å²) >= 11 is 0. The number of hydrogen-bond donors (Lipinski definition) is 1. The van der Waals surface area contributed by atoms with Crippen LogP contribution in [0.25, 0.3) is 6.08 Å². The Balaban J connectivity index is 1.95. The number of halogens is 1. The number of anilines is 1. The first kappa shape index (κ1) is 20.0. The van der Waals surface area contributed by atoms with E-state index in [2.05, 4.69) is 5.32 Å². The number of nitrogens with zero attached hydrogens (tertiary/aromatic N) is 1. The molecule has 142 valence electrons. The van der Waals surface area contributed by atoms with Crippen molar-refractivity contribution in [3.05, 3.63) is 59.9 Å². The molecule has 6 nitrogen and oxygen atoms in total. The van der Waals surface area contributed by atoms with Gasteiger partial charge in [-0.2, -0.15) is 0 Å². The van der Waals surface area contributed by atoms with E-state index < -0.39 is 0 Å². The number of nitrogens with one attached hydrogen (secondary N) is 1. The van der Waals surface area contributed by atoms with Crippen LogP contribution in [0.5, 0.6) is 11.5 Å². The largest absolute Gasteiger partial charge is 0.497 e. The lowest BCUT2D eigenvalue weighted by Gasteiger charge is -2.15. The van der Waals surface area contributed by atoms with Crippen LogP contribution in [0.3, 0.4) is 0 Å². The fourth-order valence-electron chi connectivity index (χ4n) is 2.27. The zero-order valence-electron chi connectivity index (χ0n) is 15.4. The molecule has 2 rings (SSSR count). The molecule has 0 aliphatic carbocycles. The van der Waals surface area contributed by atoms with E-state index in [9.17, 15) is 14.0 Å². The predicted molar refractivity (Wildman–Crippen MR) is 101 cm³/mol. The summed E-state index contributed by atoms with van der Waals surface area (Å²) in [4.78, 5) is 25.5. The molecule has 2 aromatic rings. The number of carbonyl (C=O) groups is 2. The molecule has 0 radical (unpaired) electrons. The van der Waals surface area contributed by atoms with E-state index in [1.807, 2.05) is 0 Å². The molecule has 0 fully saturated rings. The van der Waals surface area contributed by atoms with Crippen LogP contribution in [0.4, 0.5) is 10.1 Å². The smallest absolute Gasteiger partial charge is 0.246 e. The van der Waals surface area contributed by atoms with Crippen LogP contribution in [0.2, 0.25) is 0 Å². The lowest BCUT2D eigenvalue weighted by atomic mass is 10.1. The van der Waals surface area contributed by atoms with Gasteiger partial charge in [0.1, 0.15) is 17.3 Å². The maximum atomic E-state index is 12.9. The van der Waals surface area contributed by atoms with Gasteiger partial charge in [0, 0.05) is 30.4 Å². The quantitative estimate of drug-likeness (QED) is 0.759. The minimum absolute atomic E-state index is 0.139. The van der Waals surface area contributed by atoms with Crippen LogP contribution in [-0.4, -0.2) is 44.5 Å². The van der Waals surface area contributed by atoms with Gasteiger partial charge in [0.2, 0.25) is 11.8 Å². The molecule has 0 unspecified atom stereocenters. The van der Waals surface area contributed by atoms with Crippen molar-refractivity contribution in [3.63, 3.8) is 0 Å². The van der Waals surface area contributed by atoms with E-state index in [0.29, 0.717) is 22.7 Å². The second-order valence-electron chi connectivity index (χ2n) is 5.69. The molecular weight excluding hydrogens is 351 g/mol. The van der Waals surface area contributed by atoms with E-state index in [-0.39, 0.29) is 24.2 Å². The molecule has 27 heavy (non-hydrogen) atoms. The summed E-state index contributed by atoms with van der Waals surface area (Å²) in [6.07, 6.45) is 2.96. The van der Waals surface area contributed by atoms with E-state index in [1.54, 1.807) is 31.4 Å². The van der Waals surface area contributed by atoms with Gasteiger partial charge >= 0.3 is 0 Å². The summed E-state index contributed by atoms with van der Waals surface area (Å²) in [6.45, 7) is -0.139. The summed E-state index contributed by atoms with van der Waals surface area (Å²) in [6, 6.07) is 10.6. The van der Waals surface area contributed by atoms with Crippen LogP contribution < -0.4 is 14.8 Å². The summed E-state index contributed by atoms with van der Waals surface area (Å²) in [5, 5.41) is 2.60. The highest BCUT2D eigenvalue weighted by Gasteiger charge is 2.11. The molecule has 0 heterocycles. The first-order valence-electron chi connectivity index (χ1n) is 8.13. The average molecular weight is 372 g/mol. The van der Waals surface area contributed by atoms with Gasteiger partial charge in [-0.15, -0.1) is 0 Å². The third kappa shape index (κ3) is 5.85. The Morgan fingerprint density at radius 3 is 2.44 bits per heavy atom. The lowest BCUT2D eigenvalue weighted by molar-refractivity contribution is -0.129. The molecule has 0 aliphatic rings. The maximum Gasteiger partial charge on any atom is 0.246 e. The first-order valence-corrected chi connectivity index (χ1v) is 8.13. The molecule has 2 aromatic carbocycles. The Morgan fingerprint density at radius 1 is 1.11 bits per heavy atom. The maximum absolute atomic E-state index is 12.9. The van der Waals surface area contributed by atoms with E-state index in [4.69, 9.17) is 9.47 Å². The van der Waals surface area contributed by atoms with Crippen molar-refractivity contribution in [2.45, 2.75) is 0 Å². The molecule has 7 heteroatoms. The van der Waals surface area contributed by atoms with E-state index in [0.717, 1.165) is 0 Å². The average Bonchev–Trinajstić information content (AvgIpc) is 2.67. The molecule has 0 aromatic heterocycles. The minimum atomic E-state index is -0.389. The van der Waals surface area contributed by atoms with Crippen molar-refractivity contribution >= 4 is 23.6 Å². The zero-order chi connectivity index (χ0) is 19.8. The van der Waals surface area contributed by atoms with Gasteiger partial charge in [0.25, 0.3) is 0 Å². The second-order valence-corrected chi connectivity index (χ2v) is 5.69. The van der Waals surface area contributed by atoms with Crippen LogP contribution >= 0.6 is 0 Å². The summed E-state index contributed by atoms with van der Waals surface area (Å²) in [5.74, 6) is 0.0921. The standard InChI is InChI=1S/C20H21FN2O4/c1-23(13-19(24)22-16-8-6-15(21)7-9-16)20(25)11-5-14-4-10-17(26-2)12-18(14)27-3/h4-12H,13H2,1-3H3,(H,22,24)/b11-5+. The molecule has 0 atom stereocenters. The number of ether oxygens (including phenoxy) is 2. The number of benzene rings is 2. The number of amides is 2. The Bertz CT molecular complexity index is 834. The normalized spacial score (nSPS) is 10.5. The Hall–Kier alpha value is -3.35. The van der Waals surface area contributed by atoms with Gasteiger partial charge in [-0.25, -0.2) is 4.39 Å². The number of likely N-dealkylation sites (N-methyl/N-ethyl adjacent to an activating group) is 1. The summed E-state index contributed by atoms with van der Waals surface area (Å²) in [5.41, 5.74) is 1.16. The molecule has 0 saturated heterocycles. The molecule has 0 aliphatic heterocycles. The van der Waals surface area contributed by atoms with Crippen molar-refractivity contribution < 1.29 is 23.5 Å². The van der Waals surface area contributed by atoms with Crippen molar-refractivity contribution in [1.29, 1.82) is 0 Å². The highest BCUT2D eigenvalue weighted by Crippen LogP contribution is 2.25. The van der Waals surface area contributed by atoms with Crippen LogP contribution in [0.1, 0.15) is 5.56 Å². The Labute approximate surface area is 157 Å². The molecular formula is C20H21FN2O4. The van der Waals surface area contributed by atoms with Crippen molar-refractivity contribution in [2.75, 3.05) is 33.1 Å². The van der Waals surface area contributed by atoms with Crippen LogP contribution in [-0.2, 0) is 9.59 Å². The van der Waals surface area contributed by atoms with E-state index >= 15 is 0 Å². The van der Waals surface area contributed by atoms with Gasteiger partial charge in [0.05, 0.1) is 20.8 Å². The van der Waals surface area contributed by atoms with Crippen LogP contribution in [0.15, 0.2) is 48.5 Å². The van der Waals surface area contributed by atoms with Gasteiger partial charge in [-0.3, -0.25) is 9.59 Å². The third-order valence-corrected chi connectivity index (χ3v) is 3.73. The number of hydrogen-bond acceptors (Lipinski definition) is 4. The fourth-order valence-corrected chi connectivity index (χ4v) is 2.27. The molecule has 0 saturated carbocycles. The number of rotatable bonds is 7. The summed E-state index contributed by atoms with van der Waals surface area (Å²) < 4.78 is 23.3. The van der Waals surface area contributed by atoms with Crippen molar-refractivity contribution in [1.82, 2.24) is 4.90 Å². The SMILES string of the molecule is COc1ccc(/C=C/C(=O)N(C)CC(=O)Nc2ccc(F)cc2)c(OC)c1. The predicted octanol–water partition coefficient (Wildman–Crippen LogP) is 2.95. The third-order valence-electron chi connectivity index (χ3n) is 3.73. The Kier molecular flexibility index (Phi) is 6.93. The molecule has 0 spiro atoms. The second kappa shape index (κ2) is 9.38. The highest BCUT2D eigenvalue weighted by molar-refractivity contribution is 5.98. The van der Waals surface area contributed by atoms with Crippen molar-refractivity contribution in [3.8, 4) is 11.5 Å². The van der Waals surface area contributed by atoms with Crippen LogP contribution in [0, 0.1) is 5.82 Å². The van der Waals surface area contributed by atoms with Gasteiger partial charge in [-0.05, 0) is 42.5 Å². The number of carbonyl (C=O) groups excluding carboxylic acids is 2. The fraction of sp³-hybridized carbons (Fsp3) is 0.200. The minimum Gasteiger partial charge on any atom is -0.497 e. The Morgan fingerprint density at radius 2 is 1.81 bits per heavy atom. The molecule has 0 bridgehead atoms. The van der Waals surface area contributed by atoms with E-state index in [1.165, 1.54) is 49.4 Å². The summed E-state index contributed by atoms with van der Waals surface area (Å²) in [7, 11) is 4.60. The zero-order valence-corrected chi connectivity index (χ0v) is 15.4. The van der Waals surface area contributed by atoms with Crippen molar-refractivity contribution in [2.24, 2.45) is 0 Å². The monoisotopic (exact) mass is 372 g/mol. The van der Waals surface area contributed by atoms with Gasteiger partial charge < -0.3 is 19.7 Å². The van der Waals surface area contributed by atoms with Gasteiger partial charge in [0.15, 0.2) is 0 Å². The molecule has 1 N–H and O–H groups in total. The molecule has 2 amide bonds. The van der Waals surface area contributed by atoms with Gasteiger partial charge in [-0.1, -0.05) is 0 Å². The topological polar surface area (TPSA) is 67.9 Å². The lowest BCUT2D eigenvalue weighted by Crippen LogP contribution is -2.33. The first-order chi connectivity index (χ1) is 12.9. The highest BCUT2D eigenvalue weighted by atomic mass is 19.1. The number of methoxy groups -OCH3 is 2.